The molecule has 0 spiro atoms. The van der Waals surface area contributed by atoms with Gasteiger partial charge in [0, 0.05) is 17.8 Å². The number of anilines is 1. The number of nitrogens with one attached hydrogen (secondary N) is 1. The van der Waals surface area contributed by atoms with Crippen LogP contribution in [0.3, 0.4) is 0 Å². The highest BCUT2D eigenvalue weighted by Gasteiger charge is 2.38. The third-order valence-corrected chi connectivity index (χ3v) is 3.94. The molecule has 0 aliphatic heterocycles. The molecule has 0 heterocycles. The summed E-state index contributed by atoms with van der Waals surface area (Å²) in [5.74, 6) is 0.643. The van der Waals surface area contributed by atoms with Gasteiger partial charge in [0.25, 0.3) is 11.6 Å². The molecular formula is C21H15F3N2O5. The fraction of sp³-hybridized carbons (Fsp3) is 0.0952. The fourth-order valence-corrected chi connectivity index (χ4v) is 2.60. The Bertz CT molecular complexity index is 1090. The van der Waals surface area contributed by atoms with Gasteiger partial charge in [-0.15, -0.1) is 0 Å². The van der Waals surface area contributed by atoms with Gasteiger partial charge in [-0.05, 0) is 36.4 Å². The molecule has 31 heavy (non-hydrogen) atoms. The number of hydrogen-bond donors (Lipinski definition) is 1. The van der Waals surface area contributed by atoms with E-state index in [4.69, 9.17) is 9.47 Å². The van der Waals surface area contributed by atoms with E-state index in [1.165, 1.54) is 0 Å². The number of nitrogens with zero attached hydrogens (tertiary/aromatic N) is 1. The smallest absolute Gasteiger partial charge is 0.423 e. The summed E-state index contributed by atoms with van der Waals surface area (Å²) in [7, 11) is 0. The zero-order chi connectivity index (χ0) is 22.4. The van der Waals surface area contributed by atoms with E-state index in [1.54, 1.807) is 36.4 Å². The Morgan fingerprint density at radius 2 is 1.61 bits per heavy atom. The number of benzene rings is 3. The van der Waals surface area contributed by atoms with Crippen LogP contribution in [0.5, 0.6) is 17.2 Å². The molecule has 0 radical (unpaired) electrons. The van der Waals surface area contributed by atoms with Crippen LogP contribution in [0.25, 0.3) is 0 Å². The third kappa shape index (κ3) is 5.95. The quantitative estimate of drug-likeness (QED) is 0.398. The van der Waals surface area contributed by atoms with Crippen molar-refractivity contribution in [3.63, 3.8) is 0 Å². The van der Waals surface area contributed by atoms with Crippen LogP contribution in [0.2, 0.25) is 0 Å². The summed E-state index contributed by atoms with van der Waals surface area (Å²) in [4.78, 5) is 21.7. The maximum atomic E-state index is 13.0. The van der Waals surface area contributed by atoms with Crippen molar-refractivity contribution < 1.29 is 32.4 Å². The molecule has 0 aliphatic carbocycles. The van der Waals surface area contributed by atoms with Crippen LogP contribution in [0.15, 0.2) is 72.8 Å². The first kappa shape index (κ1) is 21.6. The van der Waals surface area contributed by atoms with Crippen LogP contribution in [0.1, 0.15) is 5.56 Å². The lowest BCUT2D eigenvalue weighted by molar-refractivity contribution is -0.388. The molecule has 0 saturated carbocycles. The zero-order valence-corrected chi connectivity index (χ0v) is 15.8. The summed E-state index contributed by atoms with van der Waals surface area (Å²) in [6.07, 6.45) is -4.95. The molecule has 160 valence electrons. The van der Waals surface area contributed by atoms with Crippen molar-refractivity contribution >= 4 is 17.3 Å². The number of halogens is 3. The van der Waals surface area contributed by atoms with Gasteiger partial charge in [0.1, 0.15) is 22.8 Å². The van der Waals surface area contributed by atoms with E-state index in [0.717, 1.165) is 6.07 Å². The summed E-state index contributed by atoms with van der Waals surface area (Å²) >= 11 is 0. The molecule has 0 aromatic heterocycles. The van der Waals surface area contributed by atoms with Gasteiger partial charge in [0.15, 0.2) is 6.61 Å². The Kier molecular flexibility index (Phi) is 6.39. The Balaban J connectivity index is 1.63. The average Bonchev–Trinajstić information content (AvgIpc) is 2.72. The van der Waals surface area contributed by atoms with Crippen LogP contribution in [-0.2, 0) is 11.0 Å². The molecule has 0 fully saturated rings. The van der Waals surface area contributed by atoms with Crippen LogP contribution in [0, 0.1) is 10.1 Å². The first-order chi connectivity index (χ1) is 14.7. The molecule has 0 aliphatic rings. The molecule has 10 heteroatoms. The van der Waals surface area contributed by atoms with E-state index in [0.29, 0.717) is 29.4 Å². The average molecular weight is 432 g/mol. The van der Waals surface area contributed by atoms with Crippen LogP contribution in [-0.4, -0.2) is 17.4 Å². The molecule has 7 nitrogen and oxygen atoms in total. The van der Waals surface area contributed by atoms with Crippen molar-refractivity contribution in [2.45, 2.75) is 6.18 Å². The van der Waals surface area contributed by atoms with Crippen molar-refractivity contribution in [2.24, 2.45) is 0 Å². The number of amides is 1. The van der Waals surface area contributed by atoms with E-state index in [9.17, 15) is 28.1 Å². The summed E-state index contributed by atoms with van der Waals surface area (Å²) in [5, 5.41) is 13.0. The number of alkyl halides is 3. The lowest BCUT2D eigenvalue weighted by atomic mass is 10.1. The van der Waals surface area contributed by atoms with Gasteiger partial charge in [0.05, 0.1) is 4.92 Å². The molecule has 1 amide bonds. The highest BCUT2D eigenvalue weighted by atomic mass is 19.4. The second-order valence-corrected chi connectivity index (χ2v) is 6.21. The van der Waals surface area contributed by atoms with Crippen molar-refractivity contribution in [1.82, 2.24) is 0 Å². The number of nitro groups is 1. The predicted molar refractivity (Wildman–Crippen MR) is 105 cm³/mol. The maximum absolute atomic E-state index is 13.0. The molecule has 0 bridgehead atoms. The molecule has 3 aromatic carbocycles. The zero-order valence-electron chi connectivity index (χ0n) is 15.8. The Morgan fingerprint density at radius 3 is 2.29 bits per heavy atom. The summed E-state index contributed by atoms with van der Waals surface area (Å²) in [6, 6.07) is 17.7. The molecule has 0 atom stereocenters. The van der Waals surface area contributed by atoms with Gasteiger partial charge in [-0.1, -0.05) is 24.3 Å². The third-order valence-electron chi connectivity index (χ3n) is 3.94. The van der Waals surface area contributed by atoms with E-state index >= 15 is 0 Å². The number of hydrogen-bond acceptors (Lipinski definition) is 5. The molecular weight excluding hydrogens is 417 g/mol. The SMILES string of the molecule is O=C(COc1cccc(Oc2ccccc2)c1)Nc1ccc([N+](=O)[O-])c(C(F)(F)F)c1. The van der Waals surface area contributed by atoms with Crippen molar-refractivity contribution in [1.29, 1.82) is 0 Å². The van der Waals surface area contributed by atoms with Crippen LogP contribution in [0.4, 0.5) is 24.5 Å². The lowest BCUT2D eigenvalue weighted by Crippen LogP contribution is -2.20. The van der Waals surface area contributed by atoms with Gasteiger partial charge in [0.2, 0.25) is 0 Å². The van der Waals surface area contributed by atoms with Gasteiger partial charge in [-0.3, -0.25) is 14.9 Å². The monoisotopic (exact) mass is 432 g/mol. The highest BCUT2D eigenvalue weighted by Crippen LogP contribution is 2.37. The first-order valence-electron chi connectivity index (χ1n) is 8.83. The van der Waals surface area contributed by atoms with Gasteiger partial charge in [-0.2, -0.15) is 13.2 Å². The number of nitro benzene ring substituents is 1. The number of para-hydroxylation sites is 1. The molecule has 1 N–H and O–H groups in total. The second-order valence-electron chi connectivity index (χ2n) is 6.21. The molecule has 3 aromatic rings. The number of carbonyl (C=O) groups is 1. The minimum absolute atomic E-state index is 0.243. The summed E-state index contributed by atoms with van der Waals surface area (Å²) < 4.78 is 50.1. The number of carbonyl (C=O) groups excluding carboxylic acids is 1. The van der Waals surface area contributed by atoms with E-state index in [1.807, 2.05) is 18.2 Å². The van der Waals surface area contributed by atoms with Crippen molar-refractivity contribution in [2.75, 3.05) is 11.9 Å². The minimum atomic E-state index is -4.95. The van der Waals surface area contributed by atoms with Gasteiger partial charge >= 0.3 is 6.18 Å². The van der Waals surface area contributed by atoms with Gasteiger partial charge in [-0.25, -0.2) is 0 Å². The normalized spacial score (nSPS) is 10.9. The number of ether oxygens (including phenoxy) is 2. The number of rotatable bonds is 7. The standard InChI is InChI=1S/C21H15F3N2O5/c22-21(23,24)18-11-14(9-10-19(18)26(28)29)25-20(27)13-30-16-7-4-8-17(12-16)31-15-5-2-1-3-6-15/h1-12H,13H2,(H,25,27). The lowest BCUT2D eigenvalue weighted by Gasteiger charge is -2.12. The molecule has 0 unspecified atom stereocenters. The first-order valence-corrected chi connectivity index (χ1v) is 8.83. The second kappa shape index (κ2) is 9.16. The topological polar surface area (TPSA) is 90.7 Å². The van der Waals surface area contributed by atoms with E-state index in [2.05, 4.69) is 5.32 Å². The Hall–Kier alpha value is -4.08. The predicted octanol–water partition coefficient (Wildman–Crippen LogP) is 5.42. The van der Waals surface area contributed by atoms with E-state index in [-0.39, 0.29) is 5.69 Å². The molecule has 0 saturated heterocycles. The largest absolute Gasteiger partial charge is 0.484 e. The Morgan fingerprint density at radius 1 is 0.935 bits per heavy atom. The van der Waals surface area contributed by atoms with Crippen molar-refractivity contribution in [3.05, 3.63) is 88.5 Å². The maximum Gasteiger partial charge on any atom is 0.423 e. The molecule has 3 rings (SSSR count). The van der Waals surface area contributed by atoms with E-state index < -0.39 is 34.9 Å². The summed E-state index contributed by atoms with van der Waals surface area (Å²) in [5.41, 5.74) is -2.80. The fourth-order valence-electron chi connectivity index (χ4n) is 2.60. The van der Waals surface area contributed by atoms with Gasteiger partial charge < -0.3 is 14.8 Å². The van der Waals surface area contributed by atoms with Crippen molar-refractivity contribution in [3.8, 4) is 17.2 Å². The highest BCUT2D eigenvalue weighted by molar-refractivity contribution is 5.92. The summed E-state index contributed by atoms with van der Waals surface area (Å²) in [6.45, 7) is -0.493. The Labute approximate surface area is 174 Å². The van der Waals surface area contributed by atoms with Crippen LogP contribution >= 0.6 is 0 Å². The van der Waals surface area contributed by atoms with Crippen LogP contribution < -0.4 is 14.8 Å². The minimum Gasteiger partial charge on any atom is -0.484 e.